The van der Waals surface area contributed by atoms with Crippen molar-refractivity contribution in [1.29, 1.82) is 0 Å². The molecule has 2 N–H and O–H groups in total. The Hall–Kier alpha value is -1.64. The number of hydrogen-bond donors (Lipinski definition) is 2. The number of hydrogen-bond acceptors (Lipinski definition) is 2. The zero-order valence-corrected chi connectivity index (χ0v) is 10.2. The SMILES string of the molecule is C=CC1(C=C)NC(C=C)(C=C)C(C=C)(C=C)N1. The monoisotopic (exact) mass is 228 g/mol. The van der Waals surface area contributed by atoms with Crippen LogP contribution in [0, 0.1) is 0 Å². The van der Waals surface area contributed by atoms with E-state index < -0.39 is 16.7 Å². The van der Waals surface area contributed by atoms with Crippen LogP contribution in [-0.4, -0.2) is 16.7 Å². The summed E-state index contributed by atoms with van der Waals surface area (Å²) < 4.78 is 0. The minimum Gasteiger partial charge on any atom is -0.278 e. The molecule has 1 heterocycles. The minimum atomic E-state index is -0.606. The van der Waals surface area contributed by atoms with E-state index in [2.05, 4.69) is 50.1 Å². The van der Waals surface area contributed by atoms with Gasteiger partial charge in [0.1, 0.15) is 5.66 Å². The molecule has 0 aromatic carbocycles. The van der Waals surface area contributed by atoms with Gasteiger partial charge in [0.2, 0.25) is 0 Å². The average Bonchev–Trinajstić information content (AvgIpc) is 2.70. The Labute approximate surface area is 104 Å². The second-order valence-corrected chi connectivity index (χ2v) is 4.08. The Morgan fingerprint density at radius 3 is 1.00 bits per heavy atom. The van der Waals surface area contributed by atoms with Crippen LogP contribution in [0.25, 0.3) is 0 Å². The first-order valence-electron chi connectivity index (χ1n) is 5.43. The predicted octanol–water partition coefficient (Wildman–Crippen LogP) is 2.47. The molecule has 2 nitrogen and oxygen atoms in total. The maximum Gasteiger partial charge on any atom is 0.109 e. The lowest BCUT2D eigenvalue weighted by molar-refractivity contribution is 0.458. The van der Waals surface area contributed by atoms with Gasteiger partial charge < -0.3 is 0 Å². The maximum absolute atomic E-state index is 3.87. The first-order valence-corrected chi connectivity index (χ1v) is 5.43. The van der Waals surface area contributed by atoms with Gasteiger partial charge in [-0.3, -0.25) is 10.6 Å². The Kier molecular flexibility index (Phi) is 3.41. The van der Waals surface area contributed by atoms with Gasteiger partial charge >= 0.3 is 0 Å². The van der Waals surface area contributed by atoms with E-state index in [4.69, 9.17) is 0 Å². The normalized spacial score (nSPS) is 23.3. The van der Waals surface area contributed by atoms with E-state index in [1.54, 1.807) is 36.5 Å². The summed E-state index contributed by atoms with van der Waals surface area (Å²) in [6.45, 7) is 23.1. The van der Waals surface area contributed by atoms with Crippen molar-refractivity contribution in [2.75, 3.05) is 0 Å². The van der Waals surface area contributed by atoms with Gasteiger partial charge in [0.25, 0.3) is 0 Å². The zero-order chi connectivity index (χ0) is 13.2. The molecule has 17 heavy (non-hydrogen) atoms. The molecule has 0 bridgehead atoms. The third kappa shape index (κ3) is 1.57. The van der Waals surface area contributed by atoms with Gasteiger partial charge in [0, 0.05) is 0 Å². The molecule has 0 amide bonds. The number of rotatable bonds is 6. The van der Waals surface area contributed by atoms with E-state index in [0.717, 1.165) is 0 Å². The van der Waals surface area contributed by atoms with Crippen molar-refractivity contribution < 1.29 is 0 Å². The molecule has 0 unspecified atom stereocenters. The lowest BCUT2D eigenvalue weighted by Gasteiger charge is -2.36. The molecule has 0 aliphatic carbocycles. The molecule has 0 radical (unpaired) electrons. The van der Waals surface area contributed by atoms with Crippen molar-refractivity contribution in [2.45, 2.75) is 16.7 Å². The molecule has 1 saturated heterocycles. The van der Waals surface area contributed by atoms with E-state index in [1.807, 2.05) is 0 Å². The van der Waals surface area contributed by atoms with Crippen LogP contribution in [0.4, 0.5) is 0 Å². The smallest absolute Gasteiger partial charge is 0.109 e. The van der Waals surface area contributed by atoms with Gasteiger partial charge in [-0.2, -0.15) is 0 Å². The lowest BCUT2D eigenvalue weighted by Crippen LogP contribution is -2.54. The fourth-order valence-electron chi connectivity index (χ4n) is 2.26. The molecule has 0 spiro atoms. The van der Waals surface area contributed by atoms with Crippen molar-refractivity contribution in [1.82, 2.24) is 10.6 Å². The molecule has 1 aliphatic heterocycles. The van der Waals surface area contributed by atoms with Gasteiger partial charge in [0.05, 0.1) is 11.1 Å². The Bertz CT molecular complexity index is 336. The number of nitrogens with one attached hydrogen (secondary N) is 2. The highest BCUT2D eigenvalue weighted by Gasteiger charge is 2.55. The quantitative estimate of drug-likeness (QED) is 0.682. The summed E-state index contributed by atoms with van der Waals surface area (Å²) >= 11 is 0. The molecule has 0 aromatic heterocycles. The summed E-state index contributed by atoms with van der Waals surface area (Å²) in [6, 6.07) is 0. The second-order valence-electron chi connectivity index (χ2n) is 4.08. The largest absolute Gasteiger partial charge is 0.278 e. The van der Waals surface area contributed by atoms with E-state index in [1.165, 1.54) is 0 Å². The molecule has 0 aromatic rings. The third-order valence-electron chi connectivity index (χ3n) is 3.44. The Morgan fingerprint density at radius 1 is 0.529 bits per heavy atom. The summed E-state index contributed by atoms with van der Waals surface area (Å²) in [4.78, 5) is 0. The fraction of sp³-hybridized carbons (Fsp3) is 0.200. The Morgan fingerprint density at radius 2 is 0.824 bits per heavy atom. The summed E-state index contributed by atoms with van der Waals surface area (Å²) in [6.07, 6.45) is 10.6. The second kappa shape index (κ2) is 4.32. The highest BCUT2D eigenvalue weighted by atomic mass is 15.3. The van der Waals surface area contributed by atoms with Crippen molar-refractivity contribution in [3.63, 3.8) is 0 Å². The Balaban J connectivity index is 3.47. The standard InChI is InChI=1S/C15H20N2/c1-7-13(8-2)14(9-3,10-4)17-15(11-5,12-6)16-13/h7-12,16-17H,1-6H2. The summed E-state index contributed by atoms with van der Waals surface area (Å²) in [5.74, 6) is 0. The predicted molar refractivity (Wildman–Crippen MR) is 75.6 cm³/mol. The van der Waals surface area contributed by atoms with Gasteiger partial charge in [-0.25, -0.2) is 0 Å². The van der Waals surface area contributed by atoms with Crippen LogP contribution >= 0.6 is 0 Å². The molecule has 1 rings (SSSR count). The summed E-state index contributed by atoms with van der Waals surface area (Å²) in [7, 11) is 0. The summed E-state index contributed by atoms with van der Waals surface area (Å²) in [5, 5.41) is 6.77. The highest BCUT2D eigenvalue weighted by molar-refractivity contribution is 5.45. The van der Waals surface area contributed by atoms with Crippen molar-refractivity contribution >= 4 is 0 Å². The van der Waals surface area contributed by atoms with Crippen LogP contribution in [0.5, 0.6) is 0 Å². The molecular weight excluding hydrogens is 208 g/mol. The van der Waals surface area contributed by atoms with Gasteiger partial charge in [-0.15, -0.1) is 26.3 Å². The molecule has 2 heteroatoms. The first-order chi connectivity index (χ1) is 8.03. The van der Waals surface area contributed by atoms with E-state index in [-0.39, 0.29) is 0 Å². The lowest BCUT2D eigenvalue weighted by atomic mass is 9.78. The van der Waals surface area contributed by atoms with E-state index in [9.17, 15) is 0 Å². The van der Waals surface area contributed by atoms with E-state index >= 15 is 0 Å². The topological polar surface area (TPSA) is 24.1 Å². The molecule has 0 saturated carbocycles. The molecular formula is C15H20N2. The van der Waals surface area contributed by atoms with Crippen molar-refractivity contribution in [3.05, 3.63) is 75.9 Å². The molecule has 1 fully saturated rings. The minimum absolute atomic E-state index is 0.584. The third-order valence-corrected chi connectivity index (χ3v) is 3.44. The maximum atomic E-state index is 3.87. The first kappa shape index (κ1) is 13.4. The highest BCUT2D eigenvalue weighted by Crippen LogP contribution is 2.37. The van der Waals surface area contributed by atoms with E-state index in [0.29, 0.717) is 0 Å². The van der Waals surface area contributed by atoms with Crippen LogP contribution in [0.3, 0.4) is 0 Å². The van der Waals surface area contributed by atoms with Crippen molar-refractivity contribution in [2.24, 2.45) is 0 Å². The van der Waals surface area contributed by atoms with Crippen LogP contribution in [0.15, 0.2) is 75.9 Å². The fourth-order valence-corrected chi connectivity index (χ4v) is 2.26. The zero-order valence-electron chi connectivity index (χ0n) is 10.2. The van der Waals surface area contributed by atoms with Crippen LogP contribution < -0.4 is 10.6 Å². The van der Waals surface area contributed by atoms with Gasteiger partial charge in [-0.1, -0.05) is 49.6 Å². The average molecular weight is 228 g/mol. The molecule has 90 valence electrons. The van der Waals surface area contributed by atoms with Crippen LogP contribution in [0.1, 0.15) is 0 Å². The van der Waals surface area contributed by atoms with Crippen molar-refractivity contribution in [3.8, 4) is 0 Å². The summed E-state index contributed by atoms with van der Waals surface area (Å²) in [5.41, 5.74) is -1.78. The van der Waals surface area contributed by atoms with Crippen LogP contribution in [0.2, 0.25) is 0 Å². The molecule has 1 aliphatic rings. The van der Waals surface area contributed by atoms with Crippen LogP contribution in [-0.2, 0) is 0 Å². The van der Waals surface area contributed by atoms with Gasteiger partial charge in [-0.05, 0) is 0 Å². The van der Waals surface area contributed by atoms with Gasteiger partial charge in [0.15, 0.2) is 0 Å². The molecule has 0 atom stereocenters.